The summed E-state index contributed by atoms with van der Waals surface area (Å²) in [5.74, 6) is 1.93. The summed E-state index contributed by atoms with van der Waals surface area (Å²) in [6.45, 7) is 7.84. The third kappa shape index (κ3) is 3.01. The van der Waals surface area contributed by atoms with E-state index in [-0.39, 0.29) is 0 Å². The highest BCUT2D eigenvalue weighted by atomic mass is 15.3. The third-order valence-electron chi connectivity index (χ3n) is 3.05. The van der Waals surface area contributed by atoms with E-state index < -0.39 is 0 Å². The first-order valence-corrected chi connectivity index (χ1v) is 6.79. The van der Waals surface area contributed by atoms with Crippen LogP contribution < -0.4 is 10.2 Å². The Morgan fingerprint density at radius 1 is 1.15 bits per heavy atom. The van der Waals surface area contributed by atoms with Crippen molar-refractivity contribution >= 4 is 11.9 Å². The highest BCUT2D eigenvalue weighted by Crippen LogP contribution is 2.19. The van der Waals surface area contributed by atoms with E-state index in [1.165, 1.54) is 0 Å². The predicted molar refractivity (Wildman–Crippen MR) is 80.9 cm³/mol. The highest BCUT2D eigenvalue weighted by Gasteiger charge is 2.12. The zero-order valence-corrected chi connectivity index (χ0v) is 12.4. The molecule has 0 saturated heterocycles. The maximum absolute atomic E-state index is 4.57. The summed E-state index contributed by atoms with van der Waals surface area (Å²) in [6, 6.07) is 3.88. The lowest BCUT2D eigenvalue weighted by atomic mass is 10.2. The molecule has 1 N–H and O–H groups in total. The fraction of sp³-hybridized carbons (Fsp3) is 0.429. The first-order valence-electron chi connectivity index (χ1n) is 6.79. The summed E-state index contributed by atoms with van der Waals surface area (Å²) in [5.41, 5.74) is 1.89. The molecule has 20 heavy (non-hydrogen) atoms. The molecule has 2 aromatic heterocycles. The van der Waals surface area contributed by atoms with Gasteiger partial charge in [-0.25, -0.2) is 0 Å². The smallest absolute Gasteiger partial charge is 0.230 e. The maximum atomic E-state index is 4.57. The Balaban J connectivity index is 2.50. The molecule has 2 aromatic rings. The van der Waals surface area contributed by atoms with Crippen molar-refractivity contribution < 1.29 is 0 Å². The summed E-state index contributed by atoms with van der Waals surface area (Å²) >= 11 is 0. The summed E-state index contributed by atoms with van der Waals surface area (Å²) < 4.78 is 0. The van der Waals surface area contributed by atoms with Crippen LogP contribution in [0.5, 0.6) is 0 Å². The molecule has 0 spiro atoms. The van der Waals surface area contributed by atoms with Gasteiger partial charge in [-0.2, -0.15) is 15.0 Å². The molecule has 0 radical (unpaired) electrons. The van der Waals surface area contributed by atoms with Crippen LogP contribution in [0.1, 0.15) is 19.5 Å². The first-order chi connectivity index (χ1) is 9.67. The standard InChI is InChI=1S/C14H20N6/c1-5-20(6-2)14-18-12(17-13(15-4)19-14)11-7-8-16-10(3)9-11/h7-9H,5-6H2,1-4H3,(H,15,17,18,19). The summed E-state index contributed by atoms with van der Waals surface area (Å²) in [4.78, 5) is 19.7. The van der Waals surface area contributed by atoms with E-state index in [9.17, 15) is 0 Å². The van der Waals surface area contributed by atoms with E-state index in [4.69, 9.17) is 0 Å². The number of aryl methyl sites for hydroxylation is 1. The average Bonchev–Trinajstić information content (AvgIpc) is 2.48. The van der Waals surface area contributed by atoms with Crippen LogP contribution in [0.15, 0.2) is 18.3 Å². The topological polar surface area (TPSA) is 66.8 Å². The number of hydrogen-bond acceptors (Lipinski definition) is 6. The van der Waals surface area contributed by atoms with Crippen molar-refractivity contribution in [1.29, 1.82) is 0 Å². The number of nitrogens with zero attached hydrogens (tertiary/aromatic N) is 5. The van der Waals surface area contributed by atoms with E-state index in [2.05, 4.69) is 44.0 Å². The Hall–Kier alpha value is -2.24. The van der Waals surface area contributed by atoms with Crippen molar-refractivity contribution in [3.8, 4) is 11.4 Å². The van der Waals surface area contributed by atoms with E-state index in [0.29, 0.717) is 17.7 Å². The average molecular weight is 272 g/mol. The third-order valence-corrected chi connectivity index (χ3v) is 3.05. The van der Waals surface area contributed by atoms with Crippen molar-refractivity contribution in [3.05, 3.63) is 24.0 Å². The van der Waals surface area contributed by atoms with Crippen molar-refractivity contribution in [1.82, 2.24) is 19.9 Å². The molecule has 0 unspecified atom stereocenters. The molecule has 0 aliphatic carbocycles. The number of aromatic nitrogens is 4. The van der Waals surface area contributed by atoms with Gasteiger partial charge < -0.3 is 10.2 Å². The number of anilines is 2. The van der Waals surface area contributed by atoms with E-state index in [1.54, 1.807) is 6.20 Å². The second kappa shape index (κ2) is 6.27. The van der Waals surface area contributed by atoms with Crippen molar-refractivity contribution in [3.63, 3.8) is 0 Å². The molecule has 0 atom stereocenters. The summed E-state index contributed by atoms with van der Waals surface area (Å²) in [7, 11) is 1.81. The molecule has 6 heteroatoms. The van der Waals surface area contributed by atoms with Crippen molar-refractivity contribution in [2.75, 3.05) is 30.4 Å². The van der Waals surface area contributed by atoms with E-state index >= 15 is 0 Å². The molecule has 2 heterocycles. The molecular weight excluding hydrogens is 252 g/mol. The lowest BCUT2D eigenvalue weighted by molar-refractivity contribution is 0.815. The van der Waals surface area contributed by atoms with Gasteiger partial charge in [-0.15, -0.1) is 0 Å². The minimum atomic E-state index is 0.575. The van der Waals surface area contributed by atoms with Gasteiger partial charge in [0.2, 0.25) is 11.9 Å². The molecule has 0 aliphatic heterocycles. The van der Waals surface area contributed by atoms with Gasteiger partial charge in [0.25, 0.3) is 0 Å². The Morgan fingerprint density at radius 2 is 1.90 bits per heavy atom. The van der Waals surface area contributed by atoms with Crippen LogP contribution in [0.25, 0.3) is 11.4 Å². The largest absolute Gasteiger partial charge is 0.357 e. The molecule has 106 valence electrons. The van der Waals surface area contributed by atoms with Gasteiger partial charge in [-0.1, -0.05) is 0 Å². The minimum absolute atomic E-state index is 0.575. The monoisotopic (exact) mass is 272 g/mol. The van der Waals surface area contributed by atoms with Crippen LogP contribution in [-0.4, -0.2) is 40.1 Å². The summed E-state index contributed by atoms with van der Waals surface area (Å²) in [5, 5.41) is 2.99. The Bertz CT molecular complexity index is 580. The van der Waals surface area contributed by atoms with E-state index in [0.717, 1.165) is 24.3 Å². The van der Waals surface area contributed by atoms with Gasteiger partial charge >= 0.3 is 0 Å². The number of hydrogen-bond donors (Lipinski definition) is 1. The molecule has 0 saturated carbocycles. The van der Waals surface area contributed by atoms with Crippen molar-refractivity contribution in [2.45, 2.75) is 20.8 Å². The van der Waals surface area contributed by atoms with Gasteiger partial charge in [-0.3, -0.25) is 4.98 Å². The SMILES string of the molecule is CCN(CC)c1nc(NC)nc(-c2ccnc(C)c2)n1. The fourth-order valence-corrected chi connectivity index (χ4v) is 1.94. The Kier molecular flexibility index (Phi) is 4.45. The first kappa shape index (κ1) is 14.2. The quantitative estimate of drug-likeness (QED) is 0.899. The Labute approximate surface area is 119 Å². The second-order valence-electron chi connectivity index (χ2n) is 4.39. The van der Waals surface area contributed by atoms with Crippen LogP contribution in [0.2, 0.25) is 0 Å². The molecule has 0 aliphatic rings. The minimum Gasteiger partial charge on any atom is -0.357 e. The molecular formula is C14H20N6. The number of nitrogens with one attached hydrogen (secondary N) is 1. The molecule has 0 aromatic carbocycles. The molecule has 0 bridgehead atoms. The van der Waals surface area contributed by atoms with Crippen molar-refractivity contribution in [2.24, 2.45) is 0 Å². The lowest BCUT2D eigenvalue weighted by Gasteiger charge is -2.19. The van der Waals surface area contributed by atoms with Crippen LogP contribution in [0.4, 0.5) is 11.9 Å². The number of pyridine rings is 1. The number of rotatable bonds is 5. The maximum Gasteiger partial charge on any atom is 0.230 e. The zero-order chi connectivity index (χ0) is 14.5. The Morgan fingerprint density at radius 3 is 2.50 bits per heavy atom. The lowest BCUT2D eigenvalue weighted by Crippen LogP contribution is -2.25. The van der Waals surface area contributed by atoms with Crippen LogP contribution in [0, 0.1) is 6.92 Å². The molecule has 0 fully saturated rings. The van der Waals surface area contributed by atoms with Gasteiger partial charge in [0.05, 0.1) is 0 Å². The van der Waals surface area contributed by atoms with Crippen LogP contribution in [0.3, 0.4) is 0 Å². The second-order valence-corrected chi connectivity index (χ2v) is 4.39. The van der Waals surface area contributed by atoms with E-state index in [1.807, 2.05) is 26.1 Å². The van der Waals surface area contributed by atoms with Gasteiger partial charge in [0.1, 0.15) is 0 Å². The normalized spacial score (nSPS) is 10.4. The molecule has 6 nitrogen and oxygen atoms in total. The zero-order valence-electron chi connectivity index (χ0n) is 12.4. The van der Waals surface area contributed by atoms with Gasteiger partial charge in [0, 0.05) is 37.6 Å². The molecule has 0 amide bonds. The van der Waals surface area contributed by atoms with Crippen LogP contribution >= 0.6 is 0 Å². The van der Waals surface area contributed by atoms with Gasteiger partial charge in [0.15, 0.2) is 5.82 Å². The van der Waals surface area contributed by atoms with Gasteiger partial charge in [-0.05, 0) is 32.9 Å². The fourth-order valence-electron chi connectivity index (χ4n) is 1.94. The predicted octanol–water partition coefficient (Wildman–Crippen LogP) is 2.13. The molecule has 2 rings (SSSR count). The summed E-state index contributed by atoms with van der Waals surface area (Å²) in [6.07, 6.45) is 1.77. The highest BCUT2D eigenvalue weighted by molar-refractivity contribution is 5.58. The van der Waals surface area contributed by atoms with Crippen LogP contribution in [-0.2, 0) is 0 Å².